The van der Waals surface area contributed by atoms with Crippen molar-refractivity contribution < 1.29 is 9.13 Å². The van der Waals surface area contributed by atoms with Gasteiger partial charge in [0, 0.05) is 17.6 Å². The van der Waals surface area contributed by atoms with Crippen LogP contribution in [-0.2, 0) is 13.1 Å². The van der Waals surface area contributed by atoms with Crippen molar-refractivity contribution in [2.75, 3.05) is 6.61 Å². The van der Waals surface area contributed by atoms with Gasteiger partial charge in [0.1, 0.15) is 17.6 Å². The first-order valence-electron chi connectivity index (χ1n) is 6.42. The van der Waals surface area contributed by atoms with Crippen LogP contribution in [0.5, 0.6) is 5.75 Å². The average Bonchev–Trinajstić information content (AvgIpc) is 2.49. The number of nitriles is 1. The lowest BCUT2D eigenvalue weighted by Crippen LogP contribution is -2.13. The molecule has 0 spiro atoms. The van der Waals surface area contributed by atoms with E-state index >= 15 is 0 Å². The van der Waals surface area contributed by atoms with Crippen LogP contribution in [0, 0.1) is 17.1 Å². The largest absolute Gasteiger partial charge is 0.479 e. The molecule has 0 saturated carbocycles. The maximum Gasteiger partial charge on any atom is 0.174 e. The second kappa shape index (κ2) is 7.77. The van der Waals surface area contributed by atoms with Crippen molar-refractivity contribution in [2.24, 2.45) is 0 Å². The molecule has 5 heteroatoms. The maximum atomic E-state index is 13.2. The molecule has 2 aromatic carbocycles. The van der Waals surface area contributed by atoms with Gasteiger partial charge in [-0.05, 0) is 41.5 Å². The molecule has 108 valence electrons. The van der Waals surface area contributed by atoms with Gasteiger partial charge in [-0.15, -0.1) is 0 Å². The number of halogens is 2. The summed E-state index contributed by atoms with van der Waals surface area (Å²) >= 11 is 3.40. The fraction of sp³-hybridized carbons (Fsp3) is 0.188. The fourth-order valence-corrected chi connectivity index (χ4v) is 2.27. The van der Waals surface area contributed by atoms with Crippen LogP contribution in [0.15, 0.2) is 46.9 Å². The molecule has 3 nitrogen and oxygen atoms in total. The van der Waals surface area contributed by atoms with Gasteiger partial charge in [0.05, 0.1) is 0 Å². The quantitative estimate of drug-likeness (QED) is 0.863. The first-order chi connectivity index (χ1) is 10.2. The number of hydrogen-bond acceptors (Lipinski definition) is 3. The Morgan fingerprint density at radius 2 is 2.05 bits per heavy atom. The van der Waals surface area contributed by atoms with Gasteiger partial charge in [0.15, 0.2) is 6.61 Å². The SMILES string of the molecule is N#CCOc1cccc(CNCc2cc(F)ccc2Br)c1. The molecule has 0 bridgehead atoms. The average molecular weight is 349 g/mol. The molecule has 0 fully saturated rings. The molecule has 0 aliphatic carbocycles. The monoisotopic (exact) mass is 348 g/mol. The number of ether oxygens (including phenoxy) is 1. The minimum absolute atomic E-state index is 0.0348. The van der Waals surface area contributed by atoms with Gasteiger partial charge in [-0.2, -0.15) is 5.26 Å². The van der Waals surface area contributed by atoms with Crippen LogP contribution in [0.2, 0.25) is 0 Å². The van der Waals surface area contributed by atoms with E-state index in [9.17, 15) is 4.39 Å². The van der Waals surface area contributed by atoms with E-state index in [0.717, 1.165) is 15.6 Å². The van der Waals surface area contributed by atoms with E-state index in [1.165, 1.54) is 12.1 Å². The lowest BCUT2D eigenvalue weighted by atomic mass is 10.2. The number of nitrogens with zero attached hydrogens (tertiary/aromatic N) is 1. The molecule has 0 aliphatic rings. The number of benzene rings is 2. The van der Waals surface area contributed by atoms with Crippen LogP contribution in [0.3, 0.4) is 0 Å². The lowest BCUT2D eigenvalue weighted by molar-refractivity contribution is 0.367. The number of hydrogen-bond donors (Lipinski definition) is 1. The second-order valence-corrected chi connectivity index (χ2v) is 5.29. The normalized spacial score (nSPS) is 10.1. The predicted octanol–water partition coefficient (Wildman–Crippen LogP) is 3.78. The molecule has 0 amide bonds. The zero-order chi connectivity index (χ0) is 15.1. The van der Waals surface area contributed by atoms with Crippen molar-refractivity contribution in [2.45, 2.75) is 13.1 Å². The van der Waals surface area contributed by atoms with Crippen LogP contribution in [-0.4, -0.2) is 6.61 Å². The summed E-state index contributed by atoms with van der Waals surface area (Å²) in [5.74, 6) is 0.421. The third-order valence-corrected chi connectivity index (χ3v) is 3.63. The Hall–Kier alpha value is -1.90. The Morgan fingerprint density at radius 1 is 1.19 bits per heavy atom. The van der Waals surface area contributed by atoms with Crippen molar-refractivity contribution in [3.05, 3.63) is 63.9 Å². The molecule has 21 heavy (non-hydrogen) atoms. The third-order valence-electron chi connectivity index (χ3n) is 2.85. The molecule has 0 saturated heterocycles. The summed E-state index contributed by atoms with van der Waals surface area (Å²) in [4.78, 5) is 0. The number of nitrogens with one attached hydrogen (secondary N) is 1. The highest BCUT2D eigenvalue weighted by molar-refractivity contribution is 9.10. The summed E-state index contributed by atoms with van der Waals surface area (Å²) in [5.41, 5.74) is 1.91. The predicted molar refractivity (Wildman–Crippen MR) is 82.2 cm³/mol. The summed E-state index contributed by atoms with van der Waals surface area (Å²) in [7, 11) is 0. The minimum Gasteiger partial charge on any atom is -0.479 e. The molecule has 0 radical (unpaired) electrons. The van der Waals surface area contributed by atoms with Gasteiger partial charge in [-0.3, -0.25) is 0 Å². The van der Waals surface area contributed by atoms with E-state index in [-0.39, 0.29) is 12.4 Å². The van der Waals surface area contributed by atoms with Gasteiger partial charge in [0.25, 0.3) is 0 Å². The second-order valence-electron chi connectivity index (χ2n) is 4.43. The molecular weight excluding hydrogens is 335 g/mol. The fourth-order valence-electron chi connectivity index (χ4n) is 1.88. The molecular formula is C16H14BrFN2O. The van der Waals surface area contributed by atoms with Crippen LogP contribution in [0.25, 0.3) is 0 Å². The third kappa shape index (κ3) is 4.85. The van der Waals surface area contributed by atoms with E-state index in [1.807, 2.05) is 30.3 Å². The molecule has 0 aromatic heterocycles. The maximum absolute atomic E-state index is 13.2. The Labute approximate surface area is 131 Å². The Morgan fingerprint density at radius 3 is 2.86 bits per heavy atom. The molecule has 0 heterocycles. The van der Waals surface area contributed by atoms with Gasteiger partial charge < -0.3 is 10.1 Å². The first kappa shape index (κ1) is 15.5. The summed E-state index contributed by atoms with van der Waals surface area (Å²) < 4.78 is 19.3. The Bertz CT molecular complexity index is 655. The molecule has 0 atom stereocenters. The Balaban J connectivity index is 1.91. The summed E-state index contributed by atoms with van der Waals surface area (Å²) in [6.45, 7) is 1.22. The van der Waals surface area contributed by atoms with E-state index in [0.29, 0.717) is 18.8 Å². The molecule has 2 aromatic rings. The van der Waals surface area contributed by atoms with E-state index in [2.05, 4.69) is 21.2 Å². The lowest BCUT2D eigenvalue weighted by Gasteiger charge is -2.08. The molecule has 0 aliphatic heterocycles. The van der Waals surface area contributed by atoms with Crippen molar-refractivity contribution >= 4 is 15.9 Å². The van der Waals surface area contributed by atoms with Crippen molar-refractivity contribution in [1.29, 1.82) is 5.26 Å². The van der Waals surface area contributed by atoms with Crippen LogP contribution >= 0.6 is 15.9 Å². The highest BCUT2D eigenvalue weighted by Crippen LogP contribution is 2.18. The highest BCUT2D eigenvalue weighted by atomic mass is 79.9. The zero-order valence-electron chi connectivity index (χ0n) is 11.3. The summed E-state index contributed by atoms with van der Waals surface area (Å²) in [6, 6.07) is 14.1. The molecule has 2 rings (SSSR count). The Kier molecular flexibility index (Phi) is 5.73. The van der Waals surface area contributed by atoms with Crippen LogP contribution in [0.1, 0.15) is 11.1 Å². The summed E-state index contributed by atoms with van der Waals surface area (Å²) in [6.07, 6.45) is 0. The van der Waals surface area contributed by atoms with Crippen molar-refractivity contribution in [3.8, 4) is 11.8 Å². The van der Waals surface area contributed by atoms with Gasteiger partial charge in [-0.25, -0.2) is 4.39 Å². The van der Waals surface area contributed by atoms with Crippen molar-refractivity contribution in [1.82, 2.24) is 5.32 Å². The first-order valence-corrected chi connectivity index (χ1v) is 7.21. The van der Waals surface area contributed by atoms with Gasteiger partial charge in [0.2, 0.25) is 0 Å². The van der Waals surface area contributed by atoms with E-state index in [4.69, 9.17) is 10.00 Å². The van der Waals surface area contributed by atoms with Gasteiger partial charge >= 0.3 is 0 Å². The van der Waals surface area contributed by atoms with Gasteiger partial charge in [-0.1, -0.05) is 28.1 Å². The van der Waals surface area contributed by atoms with E-state index < -0.39 is 0 Å². The molecule has 0 unspecified atom stereocenters. The van der Waals surface area contributed by atoms with Crippen LogP contribution in [0.4, 0.5) is 4.39 Å². The molecule has 1 N–H and O–H groups in total. The van der Waals surface area contributed by atoms with Crippen LogP contribution < -0.4 is 10.1 Å². The zero-order valence-corrected chi connectivity index (χ0v) is 12.9. The summed E-state index contributed by atoms with van der Waals surface area (Å²) in [5, 5.41) is 11.7. The highest BCUT2D eigenvalue weighted by Gasteiger charge is 2.02. The number of rotatable bonds is 6. The van der Waals surface area contributed by atoms with Crippen molar-refractivity contribution in [3.63, 3.8) is 0 Å². The topological polar surface area (TPSA) is 45.0 Å². The smallest absolute Gasteiger partial charge is 0.174 e. The van der Waals surface area contributed by atoms with E-state index in [1.54, 1.807) is 6.07 Å². The minimum atomic E-state index is -0.248. The standard InChI is InChI=1S/C16H14BrFN2O/c17-16-5-4-14(18)9-13(16)11-20-10-12-2-1-3-15(8-12)21-7-6-19/h1-5,8-9,20H,7,10-11H2.